The van der Waals surface area contributed by atoms with Crippen LogP contribution in [0.1, 0.15) is 29.8 Å². The zero-order chi connectivity index (χ0) is 14.9. The molecule has 1 aromatic rings. The highest BCUT2D eigenvalue weighted by molar-refractivity contribution is 5.23. The third kappa shape index (κ3) is 3.13. The molecule has 2 aliphatic rings. The molecule has 1 spiro atoms. The lowest BCUT2D eigenvalue weighted by molar-refractivity contribution is -0.210. The van der Waals surface area contributed by atoms with Crippen LogP contribution in [-0.4, -0.2) is 48.0 Å². The minimum absolute atomic E-state index is 0.125. The van der Waals surface area contributed by atoms with Crippen molar-refractivity contribution in [1.82, 2.24) is 15.1 Å². The van der Waals surface area contributed by atoms with E-state index in [1.54, 1.807) is 0 Å². The predicted molar refractivity (Wildman–Crippen MR) is 78.0 cm³/mol. The summed E-state index contributed by atoms with van der Waals surface area (Å²) < 4.78 is 19.3. The fourth-order valence-corrected chi connectivity index (χ4v) is 3.09. The Labute approximate surface area is 125 Å². The number of nitrogens with one attached hydrogen (secondary N) is 1. The summed E-state index contributed by atoms with van der Waals surface area (Å²) >= 11 is 0. The van der Waals surface area contributed by atoms with E-state index in [-0.39, 0.29) is 11.9 Å². The van der Waals surface area contributed by atoms with Crippen molar-refractivity contribution < 1.29 is 14.2 Å². The van der Waals surface area contributed by atoms with Crippen LogP contribution in [0.25, 0.3) is 0 Å². The first-order valence-electron chi connectivity index (χ1n) is 7.69. The van der Waals surface area contributed by atoms with Gasteiger partial charge in [-0.15, -0.1) is 0 Å². The highest BCUT2D eigenvalue weighted by Gasteiger charge is 2.42. The largest absolute Gasteiger partial charge is 0.381 e. The van der Waals surface area contributed by atoms with Crippen LogP contribution in [0.4, 0.5) is 0 Å². The molecule has 118 valence electrons. The Morgan fingerprint density at radius 2 is 2.10 bits per heavy atom. The molecule has 6 heteroatoms. The van der Waals surface area contributed by atoms with Gasteiger partial charge in [-0.25, -0.2) is 0 Å². The molecule has 0 unspecified atom stereocenters. The van der Waals surface area contributed by atoms with Gasteiger partial charge in [0.2, 0.25) is 0 Å². The van der Waals surface area contributed by atoms with E-state index in [2.05, 4.69) is 24.3 Å². The molecule has 3 rings (SSSR count). The number of hydrogen-bond donors (Lipinski definition) is 1. The summed E-state index contributed by atoms with van der Waals surface area (Å²) in [4.78, 5) is 0. The summed E-state index contributed by atoms with van der Waals surface area (Å²) in [5, 5.41) is 7.91. The Bertz CT molecular complexity index is 495. The topological polar surface area (TPSA) is 57.5 Å². The van der Waals surface area contributed by atoms with Gasteiger partial charge in [-0.1, -0.05) is 0 Å². The first-order valence-corrected chi connectivity index (χ1v) is 7.69. The number of rotatable bonds is 4. The molecular weight excluding hydrogens is 270 g/mol. The number of hydrogen-bond acceptors (Lipinski definition) is 5. The third-order valence-corrected chi connectivity index (χ3v) is 4.50. The van der Waals surface area contributed by atoms with Gasteiger partial charge in [-0.3, -0.25) is 4.68 Å². The van der Waals surface area contributed by atoms with Gasteiger partial charge in [0.25, 0.3) is 0 Å². The predicted octanol–water partition coefficient (Wildman–Crippen LogP) is 1.05. The van der Waals surface area contributed by atoms with E-state index in [4.69, 9.17) is 14.2 Å². The average molecular weight is 295 g/mol. The average Bonchev–Trinajstić information content (AvgIpc) is 2.96. The molecule has 0 aromatic carbocycles. The molecule has 2 saturated heterocycles. The van der Waals surface area contributed by atoms with E-state index < -0.39 is 0 Å². The molecule has 1 aromatic heterocycles. The maximum Gasteiger partial charge on any atom is 0.173 e. The van der Waals surface area contributed by atoms with Crippen LogP contribution < -0.4 is 5.32 Å². The van der Waals surface area contributed by atoms with Gasteiger partial charge in [0.05, 0.1) is 31.6 Å². The normalized spacial score (nSPS) is 24.8. The standard InChI is InChI=1S/C15H25N3O3/c1-11-14(12(2)18(3)17-11)9-16-8-13-10-20-15(21-13)4-6-19-7-5-15/h13,16H,4-10H2,1-3H3/t13-/m1/s1. The summed E-state index contributed by atoms with van der Waals surface area (Å²) in [5.74, 6) is -0.384. The molecule has 0 aliphatic carbocycles. The van der Waals surface area contributed by atoms with Gasteiger partial charge in [-0.05, 0) is 13.8 Å². The van der Waals surface area contributed by atoms with Gasteiger partial charge in [-0.2, -0.15) is 5.10 Å². The molecule has 6 nitrogen and oxygen atoms in total. The molecule has 1 atom stereocenters. The van der Waals surface area contributed by atoms with Gasteiger partial charge >= 0.3 is 0 Å². The number of aromatic nitrogens is 2. The maximum absolute atomic E-state index is 6.11. The van der Waals surface area contributed by atoms with Crippen LogP contribution in [0.3, 0.4) is 0 Å². The van der Waals surface area contributed by atoms with Crippen molar-refractivity contribution in [3.05, 3.63) is 17.0 Å². The van der Waals surface area contributed by atoms with Crippen LogP contribution in [0.5, 0.6) is 0 Å². The summed E-state index contributed by atoms with van der Waals surface area (Å²) in [6, 6.07) is 0. The van der Waals surface area contributed by atoms with Crippen molar-refractivity contribution in [3.8, 4) is 0 Å². The smallest absolute Gasteiger partial charge is 0.173 e. The lowest BCUT2D eigenvalue weighted by Crippen LogP contribution is -2.39. The quantitative estimate of drug-likeness (QED) is 0.900. The number of ether oxygens (including phenoxy) is 3. The Morgan fingerprint density at radius 1 is 1.33 bits per heavy atom. The Morgan fingerprint density at radius 3 is 2.76 bits per heavy atom. The van der Waals surface area contributed by atoms with Crippen LogP contribution in [0, 0.1) is 13.8 Å². The summed E-state index contributed by atoms with van der Waals surface area (Å²) in [6.45, 7) is 7.90. The van der Waals surface area contributed by atoms with Gasteiger partial charge in [0, 0.05) is 44.2 Å². The number of nitrogens with zero attached hydrogens (tertiary/aromatic N) is 2. The zero-order valence-corrected chi connectivity index (χ0v) is 13.1. The minimum atomic E-state index is -0.384. The molecule has 0 saturated carbocycles. The van der Waals surface area contributed by atoms with Crippen LogP contribution in [0.2, 0.25) is 0 Å². The van der Waals surface area contributed by atoms with Gasteiger partial charge in [0.15, 0.2) is 5.79 Å². The highest BCUT2D eigenvalue weighted by atomic mass is 16.7. The molecular formula is C15H25N3O3. The van der Waals surface area contributed by atoms with Crippen molar-refractivity contribution in [2.24, 2.45) is 7.05 Å². The summed E-state index contributed by atoms with van der Waals surface area (Å²) in [5.41, 5.74) is 3.58. The second kappa shape index (κ2) is 6.04. The second-order valence-electron chi connectivity index (χ2n) is 5.98. The van der Waals surface area contributed by atoms with Crippen molar-refractivity contribution in [2.45, 2.75) is 45.1 Å². The third-order valence-electron chi connectivity index (χ3n) is 4.50. The summed E-state index contributed by atoms with van der Waals surface area (Å²) in [6.07, 6.45) is 1.80. The molecule has 3 heterocycles. The van der Waals surface area contributed by atoms with E-state index >= 15 is 0 Å². The van der Waals surface area contributed by atoms with Gasteiger partial charge < -0.3 is 19.5 Å². The number of aryl methyl sites for hydroxylation is 2. The summed E-state index contributed by atoms with van der Waals surface area (Å²) in [7, 11) is 1.98. The van der Waals surface area contributed by atoms with E-state index in [1.807, 2.05) is 11.7 Å². The fourth-order valence-electron chi connectivity index (χ4n) is 3.09. The molecule has 1 N–H and O–H groups in total. The molecule has 0 bridgehead atoms. The molecule has 21 heavy (non-hydrogen) atoms. The van der Waals surface area contributed by atoms with E-state index in [0.29, 0.717) is 6.61 Å². The van der Waals surface area contributed by atoms with Crippen LogP contribution in [0.15, 0.2) is 0 Å². The van der Waals surface area contributed by atoms with Crippen molar-refractivity contribution in [2.75, 3.05) is 26.4 Å². The van der Waals surface area contributed by atoms with E-state index in [1.165, 1.54) is 11.3 Å². The van der Waals surface area contributed by atoms with E-state index in [9.17, 15) is 0 Å². The molecule has 0 radical (unpaired) electrons. The molecule has 2 aliphatic heterocycles. The Hall–Kier alpha value is -0.950. The maximum atomic E-state index is 6.11. The highest BCUT2D eigenvalue weighted by Crippen LogP contribution is 2.32. The Kier molecular flexibility index (Phi) is 4.31. The molecule has 2 fully saturated rings. The lowest BCUT2D eigenvalue weighted by Gasteiger charge is -2.31. The van der Waals surface area contributed by atoms with Crippen molar-refractivity contribution in [1.29, 1.82) is 0 Å². The van der Waals surface area contributed by atoms with Crippen LogP contribution >= 0.6 is 0 Å². The van der Waals surface area contributed by atoms with Crippen molar-refractivity contribution >= 4 is 0 Å². The minimum Gasteiger partial charge on any atom is -0.381 e. The van der Waals surface area contributed by atoms with Crippen LogP contribution in [-0.2, 0) is 27.8 Å². The fraction of sp³-hybridized carbons (Fsp3) is 0.800. The van der Waals surface area contributed by atoms with Gasteiger partial charge in [0.1, 0.15) is 0 Å². The molecule has 0 amide bonds. The van der Waals surface area contributed by atoms with Crippen molar-refractivity contribution in [3.63, 3.8) is 0 Å². The lowest BCUT2D eigenvalue weighted by atomic mass is 10.1. The zero-order valence-electron chi connectivity index (χ0n) is 13.1. The first kappa shape index (κ1) is 15.0. The van der Waals surface area contributed by atoms with E-state index in [0.717, 1.165) is 44.8 Å². The first-order chi connectivity index (χ1) is 10.1. The monoisotopic (exact) mass is 295 g/mol. The Balaban J connectivity index is 1.48. The SMILES string of the molecule is Cc1nn(C)c(C)c1CNC[C@@H]1COC2(CCOCC2)O1. The second-order valence-corrected chi connectivity index (χ2v) is 5.98.